The highest BCUT2D eigenvalue weighted by atomic mass is 16.5. The van der Waals surface area contributed by atoms with Gasteiger partial charge in [0.2, 0.25) is 0 Å². The fourth-order valence-electron chi connectivity index (χ4n) is 3.55. The summed E-state index contributed by atoms with van der Waals surface area (Å²) in [5.41, 5.74) is 2.91. The third kappa shape index (κ3) is 4.76. The quantitative estimate of drug-likeness (QED) is 0.447. The third-order valence-electron chi connectivity index (χ3n) is 5.25. The molecule has 0 radical (unpaired) electrons. The zero-order valence-electron chi connectivity index (χ0n) is 17.7. The van der Waals surface area contributed by atoms with E-state index >= 15 is 0 Å². The van der Waals surface area contributed by atoms with Crippen LogP contribution in [0.25, 0.3) is 17.1 Å². The normalized spacial score (nSPS) is 13.8. The van der Waals surface area contributed by atoms with Crippen LogP contribution in [0.4, 0.5) is 5.82 Å². The molecule has 5 rings (SSSR count). The molecule has 0 N–H and O–H groups in total. The van der Waals surface area contributed by atoms with Crippen molar-refractivity contribution in [1.29, 1.82) is 0 Å². The number of morpholine rings is 1. The van der Waals surface area contributed by atoms with Gasteiger partial charge in [-0.1, -0.05) is 36.4 Å². The first-order chi connectivity index (χ1) is 15.8. The van der Waals surface area contributed by atoms with E-state index in [9.17, 15) is 0 Å². The van der Waals surface area contributed by atoms with Gasteiger partial charge in [0.25, 0.3) is 0 Å². The summed E-state index contributed by atoms with van der Waals surface area (Å²) in [6.07, 6.45) is 6.21. The molecule has 1 aliphatic heterocycles. The molecular formula is C24H24N6O2. The summed E-state index contributed by atoms with van der Waals surface area (Å²) < 4.78 is 13.3. The van der Waals surface area contributed by atoms with Crippen molar-refractivity contribution in [2.75, 3.05) is 37.8 Å². The predicted molar refractivity (Wildman–Crippen MR) is 121 cm³/mol. The fourth-order valence-corrected chi connectivity index (χ4v) is 3.55. The second-order valence-electron chi connectivity index (χ2n) is 7.42. The highest BCUT2D eigenvalue weighted by Crippen LogP contribution is 2.23. The second-order valence-corrected chi connectivity index (χ2v) is 7.42. The minimum atomic E-state index is 0.342. The monoisotopic (exact) mass is 428 g/mol. The Morgan fingerprint density at radius 1 is 0.906 bits per heavy atom. The number of benzene rings is 1. The van der Waals surface area contributed by atoms with Crippen LogP contribution in [0.2, 0.25) is 0 Å². The number of imidazole rings is 1. The van der Waals surface area contributed by atoms with Gasteiger partial charge in [0.05, 0.1) is 25.5 Å². The van der Waals surface area contributed by atoms with Crippen molar-refractivity contribution in [1.82, 2.24) is 24.5 Å². The maximum absolute atomic E-state index is 5.94. The van der Waals surface area contributed by atoms with Crippen molar-refractivity contribution in [3.63, 3.8) is 0 Å². The molecule has 0 amide bonds. The van der Waals surface area contributed by atoms with Crippen molar-refractivity contribution < 1.29 is 9.47 Å². The summed E-state index contributed by atoms with van der Waals surface area (Å²) in [6.45, 7) is 3.37. The molecule has 162 valence electrons. The second kappa shape index (κ2) is 9.57. The van der Waals surface area contributed by atoms with E-state index in [-0.39, 0.29) is 0 Å². The number of aromatic nitrogens is 5. The van der Waals surface area contributed by atoms with E-state index in [0.29, 0.717) is 38.1 Å². The van der Waals surface area contributed by atoms with Crippen LogP contribution in [0.3, 0.4) is 0 Å². The van der Waals surface area contributed by atoms with Gasteiger partial charge in [0.1, 0.15) is 18.0 Å². The number of pyridine rings is 1. The molecule has 0 spiro atoms. The van der Waals surface area contributed by atoms with Crippen LogP contribution in [0.1, 0.15) is 5.69 Å². The number of ether oxygens (including phenoxy) is 2. The lowest BCUT2D eigenvalue weighted by Crippen LogP contribution is -2.37. The summed E-state index contributed by atoms with van der Waals surface area (Å²) in [7, 11) is 0. The first-order valence-corrected chi connectivity index (χ1v) is 10.7. The lowest BCUT2D eigenvalue weighted by atomic mass is 10.2. The molecule has 1 aliphatic rings. The van der Waals surface area contributed by atoms with Crippen LogP contribution in [0, 0.1) is 0 Å². The molecule has 4 heterocycles. The molecule has 0 aliphatic carbocycles. The number of hydrogen-bond acceptors (Lipinski definition) is 7. The minimum Gasteiger partial charge on any atom is -0.463 e. The number of hydrogen-bond donors (Lipinski definition) is 0. The van der Waals surface area contributed by atoms with Gasteiger partial charge in [-0.25, -0.2) is 4.98 Å². The highest BCUT2D eigenvalue weighted by molar-refractivity contribution is 5.58. The summed E-state index contributed by atoms with van der Waals surface area (Å²) in [5, 5.41) is 0. The number of anilines is 1. The average molecular weight is 428 g/mol. The number of nitrogens with zero attached hydrogens (tertiary/aromatic N) is 6. The van der Waals surface area contributed by atoms with Crippen molar-refractivity contribution in [3.8, 4) is 23.1 Å². The Balaban J connectivity index is 1.40. The molecule has 3 aromatic heterocycles. The van der Waals surface area contributed by atoms with Crippen molar-refractivity contribution in [2.24, 2.45) is 0 Å². The summed E-state index contributed by atoms with van der Waals surface area (Å²) in [5.74, 6) is 1.53. The Labute approximate surface area is 186 Å². The fraction of sp³-hybridized carbons (Fsp3) is 0.250. The van der Waals surface area contributed by atoms with E-state index in [0.717, 1.165) is 35.9 Å². The largest absolute Gasteiger partial charge is 0.463 e. The van der Waals surface area contributed by atoms with Crippen LogP contribution in [0.15, 0.2) is 73.3 Å². The average Bonchev–Trinajstić information content (AvgIpc) is 3.36. The Morgan fingerprint density at radius 2 is 1.72 bits per heavy atom. The van der Waals surface area contributed by atoms with E-state index in [1.54, 1.807) is 12.5 Å². The molecule has 4 aromatic rings. The lowest BCUT2D eigenvalue weighted by Gasteiger charge is -2.28. The first-order valence-electron chi connectivity index (χ1n) is 10.7. The minimum absolute atomic E-state index is 0.342. The topological polar surface area (TPSA) is 78.2 Å². The maximum atomic E-state index is 5.94. The lowest BCUT2D eigenvalue weighted by molar-refractivity contribution is 0.122. The molecular weight excluding hydrogens is 404 g/mol. The van der Waals surface area contributed by atoms with Gasteiger partial charge in [-0.05, 0) is 12.1 Å². The smallest absolute Gasteiger partial charge is 0.320 e. The molecule has 1 saturated heterocycles. The van der Waals surface area contributed by atoms with Gasteiger partial charge in [-0.3, -0.25) is 9.55 Å². The maximum Gasteiger partial charge on any atom is 0.320 e. The van der Waals surface area contributed by atoms with Gasteiger partial charge in [-0.15, -0.1) is 0 Å². The summed E-state index contributed by atoms with van der Waals surface area (Å²) >= 11 is 0. The van der Waals surface area contributed by atoms with Gasteiger partial charge in [-0.2, -0.15) is 9.97 Å². The molecule has 1 aromatic carbocycles. The molecule has 0 bridgehead atoms. The van der Waals surface area contributed by atoms with E-state index in [4.69, 9.17) is 9.47 Å². The molecule has 1 fully saturated rings. The SMILES string of the molecule is c1ccc(-c2cn(-c3cc(N4CCOCC4)nc(OCCc4ccccn4)n3)cn2)cc1. The standard InChI is InChI=1S/C24H24N6O2/c1-2-6-19(7-3-1)21-17-30(18-26-21)23-16-22(29-11-14-31-15-12-29)27-24(28-23)32-13-9-20-8-4-5-10-25-20/h1-8,10,16-18H,9,11-15H2. The Bertz CT molecular complexity index is 1140. The van der Waals surface area contributed by atoms with E-state index in [1.165, 1.54) is 0 Å². The van der Waals surface area contributed by atoms with Gasteiger partial charge in [0.15, 0.2) is 0 Å². The Kier molecular flexibility index (Phi) is 6.02. The molecule has 0 unspecified atom stereocenters. The molecule has 8 heteroatoms. The van der Waals surface area contributed by atoms with Crippen LogP contribution >= 0.6 is 0 Å². The van der Waals surface area contributed by atoms with E-state index in [2.05, 4.69) is 24.8 Å². The third-order valence-corrected chi connectivity index (χ3v) is 5.25. The zero-order chi connectivity index (χ0) is 21.6. The van der Waals surface area contributed by atoms with E-state index < -0.39 is 0 Å². The molecule has 0 atom stereocenters. The van der Waals surface area contributed by atoms with Crippen LogP contribution in [-0.2, 0) is 11.2 Å². The molecule has 32 heavy (non-hydrogen) atoms. The Morgan fingerprint density at radius 3 is 2.53 bits per heavy atom. The predicted octanol–water partition coefficient (Wildman–Crippen LogP) is 3.18. The van der Waals surface area contributed by atoms with Gasteiger partial charge >= 0.3 is 6.01 Å². The highest BCUT2D eigenvalue weighted by Gasteiger charge is 2.17. The molecule has 8 nitrogen and oxygen atoms in total. The Hall–Kier alpha value is -3.78. The molecule has 0 saturated carbocycles. The van der Waals surface area contributed by atoms with Gasteiger partial charge < -0.3 is 14.4 Å². The number of rotatable bonds is 7. The van der Waals surface area contributed by atoms with Crippen molar-refractivity contribution >= 4 is 5.82 Å². The summed E-state index contributed by atoms with van der Waals surface area (Å²) in [4.78, 5) is 20.4. The van der Waals surface area contributed by atoms with Crippen molar-refractivity contribution in [3.05, 3.63) is 79.0 Å². The van der Waals surface area contributed by atoms with Crippen molar-refractivity contribution in [2.45, 2.75) is 6.42 Å². The zero-order valence-corrected chi connectivity index (χ0v) is 17.7. The van der Waals surface area contributed by atoms with Gasteiger partial charge in [0, 0.05) is 49.2 Å². The van der Waals surface area contributed by atoms with Crippen LogP contribution < -0.4 is 9.64 Å². The van der Waals surface area contributed by atoms with Crippen LogP contribution in [-0.4, -0.2) is 57.4 Å². The van der Waals surface area contributed by atoms with E-state index in [1.807, 2.05) is 65.4 Å². The first kappa shape index (κ1) is 20.1. The summed E-state index contributed by atoms with van der Waals surface area (Å²) in [6, 6.07) is 18.2. The van der Waals surface area contributed by atoms with Crippen LogP contribution in [0.5, 0.6) is 6.01 Å².